The van der Waals surface area contributed by atoms with Gasteiger partial charge in [-0.25, -0.2) is 9.78 Å². The second-order valence-electron chi connectivity index (χ2n) is 9.16. The zero-order chi connectivity index (χ0) is 25.6. The molecule has 1 unspecified atom stereocenters. The highest BCUT2D eigenvalue weighted by atomic mass is 16.5. The first kappa shape index (κ1) is 23.4. The lowest BCUT2D eigenvalue weighted by Gasteiger charge is -2.17. The van der Waals surface area contributed by atoms with Crippen LogP contribution in [0.5, 0.6) is 5.75 Å². The van der Waals surface area contributed by atoms with Crippen molar-refractivity contribution in [1.82, 2.24) is 18.7 Å². The van der Waals surface area contributed by atoms with Crippen LogP contribution in [0.4, 0.5) is 0 Å². The number of rotatable bonds is 7. The van der Waals surface area contributed by atoms with Gasteiger partial charge < -0.3 is 14.4 Å². The summed E-state index contributed by atoms with van der Waals surface area (Å²) in [7, 11) is 3.57. The molecule has 0 fully saturated rings. The molecule has 0 aliphatic carbocycles. The molecule has 1 atom stereocenters. The van der Waals surface area contributed by atoms with Gasteiger partial charge in [-0.15, -0.1) is 0 Å². The molecule has 3 aromatic heterocycles. The molecule has 0 spiro atoms. The number of hydrogen-bond donors (Lipinski definition) is 1. The Labute approximate surface area is 208 Å². The molecule has 0 amide bonds. The fraction of sp³-hybridized carbons (Fsp3) is 0.250. The fourth-order valence-corrected chi connectivity index (χ4v) is 5.05. The van der Waals surface area contributed by atoms with Crippen LogP contribution >= 0.6 is 0 Å². The van der Waals surface area contributed by atoms with E-state index >= 15 is 0 Å². The molecule has 2 aromatic carbocycles. The molecule has 5 aromatic rings. The largest absolute Gasteiger partial charge is 0.497 e. The number of imidazole rings is 1. The van der Waals surface area contributed by atoms with Crippen LogP contribution in [-0.2, 0) is 18.4 Å². The van der Waals surface area contributed by atoms with Gasteiger partial charge in [0.25, 0.3) is 0 Å². The SMILES string of the molecule is COc1ccc(C(CC(=O)O)n2c(=O)n(Cc3cn(C)c4cccc(C)c34)c3ccc(C)nc32)cc1. The van der Waals surface area contributed by atoms with E-state index < -0.39 is 12.0 Å². The summed E-state index contributed by atoms with van der Waals surface area (Å²) in [5.74, 6) is -0.344. The Hall–Kier alpha value is -4.33. The average Bonchev–Trinajstić information content (AvgIpc) is 3.31. The molecule has 3 heterocycles. The molecule has 8 nitrogen and oxygen atoms in total. The highest BCUT2D eigenvalue weighted by Gasteiger charge is 2.26. The first-order chi connectivity index (χ1) is 17.3. The highest BCUT2D eigenvalue weighted by molar-refractivity contribution is 5.87. The third-order valence-corrected chi connectivity index (χ3v) is 6.76. The van der Waals surface area contributed by atoms with Crippen LogP contribution in [0, 0.1) is 13.8 Å². The van der Waals surface area contributed by atoms with Crippen molar-refractivity contribution in [3.05, 3.63) is 93.7 Å². The Morgan fingerprint density at radius 1 is 1.06 bits per heavy atom. The monoisotopic (exact) mass is 484 g/mol. The van der Waals surface area contributed by atoms with Crippen LogP contribution in [0.1, 0.15) is 34.8 Å². The molecule has 0 saturated carbocycles. The summed E-state index contributed by atoms with van der Waals surface area (Å²) in [6, 6.07) is 16.3. The fourth-order valence-electron chi connectivity index (χ4n) is 5.05. The summed E-state index contributed by atoms with van der Waals surface area (Å²) in [6.45, 7) is 4.27. The zero-order valence-corrected chi connectivity index (χ0v) is 20.7. The predicted molar refractivity (Wildman–Crippen MR) is 139 cm³/mol. The summed E-state index contributed by atoms with van der Waals surface area (Å²) < 4.78 is 10.5. The molecular formula is C28H28N4O4. The lowest BCUT2D eigenvalue weighted by atomic mass is 10.0. The molecule has 5 rings (SSSR count). The lowest BCUT2D eigenvalue weighted by Crippen LogP contribution is -2.30. The van der Waals surface area contributed by atoms with Crippen LogP contribution in [-0.4, -0.2) is 36.9 Å². The molecule has 0 bridgehead atoms. The van der Waals surface area contributed by atoms with E-state index in [9.17, 15) is 14.7 Å². The standard InChI is InChI=1S/C28H28N4O4/c1-17-6-5-7-22-26(17)20(15-30(22)3)16-31-23-13-8-18(2)29-27(23)32(28(31)35)24(14-25(33)34)19-9-11-21(36-4)12-10-19/h5-13,15,24H,14,16H2,1-4H3,(H,33,34). The van der Waals surface area contributed by atoms with E-state index in [1.165, 1.54) is 4.57 Å². The molecule has 0 saturated heterocycles. The number of aliphatic carboxylic acids is 1. The Morgan fingerprint density at radius 3 is 2.50 bits per heavy atom. The summed E-state index contributed by atoms with van der Waals surface area (Å²) in [4.78, 5) is 30.6. The number of carbonyl (C=O) groups is 1. The van der Waals surface area contributed by atoms with Gasteiger partial charge in [-0.3, -0.25) is 13.9 Å². The van der Waals surface area contributed by atoms with Gasteiger partial charge in [-0.1, -0.05) is 24.3 Å². The van der Waals surface area contributed by atoms with Gasteiger partial charge in [-0.2, -0.15) is 0 Å². The van der Waals surface area contributed by atoms with Gasteiger partial charge in [0.1, 0.15) is 5.75 Å². The van der Waals surface area contributed by atoms with Crippen molar-refractivity contribution in [3.8, 4) is 5.75 Å². The van der Waals surface area contributed by atoms with Crippen molar-refractivity contribution in [2.75, 3.05) is 7.11 Å². The normalized spacial score (nSPS) is 12.3. The maximum Gasteiger partial charge on any atom is 0.331 e. The number of pyridine rings is 1. The second kappa shape index (κ2) is 9.03. The molecule has 0 radical (unpaired) electrons. The molecule has 184 valence electrons. The summed E-state index contributed by atoms with van der Waals surface area (Å²) in [5, 5.41) is 10.9. The molecule has 1 N–H and O–H groups in total. The first-order valence-electron chi connectivity index (χ1n) is 11.8. The third kappa shape index (κ3) is 3.94. The van der Waals surface area contributed by atoms with Gasteiger partial charge in [0.15, 0.2) is 5.65 Å². The topological polar surface area (TPSA) is 91.3 Å². The van der Waals surface area contributed by atoms with E-state index in [1.807, 2.05) is 38.4 Å². The summed E-state index contributed by atoms with van der Waals surface area (Å²) in [5.41, 5.74) is 5.54. The molecular weight excluding hydrogens is 456 g/mol. The number of methoxy groups -OCH3 is 1. The van der Waals surface area contributed by atoms with E-state index in [1.54, 1.807) is 35.9 Å². The van der Waals surface area contributed by atoms with Crippen molar-refractivity contribution >= 4 is 28.0 Å². The highest BCUT2D eigenvalue weighted by Crippen LogP contribution is 2.29. The van der Waals surface area contributed by atoms with Gasteiger partial charge in [0.05, 0.1) is 31.6 Å². The van der Waals surface area contributed by atoms with Crippen LogP contribution in [0.2, 0.25) is 0 Å². The summed E-state index contributed by atoms with van der Waals surface area (Å²) in [6.07, 6.45) is 1.79. The quantitative estimate of drug-likeness (QED) is 0.369. The Bertz CT molecular complexity index is 1660. The van der Waals surface area contributed by atoms with Crippen molar-refractivity contribution in [1.29, 1.82) is 0 Å². The number of fused-ring (bicyclic) bond motifs is 2. The van der Waals surface area contributed by atoms with Crippen LogP contribution in [0.15, 0.2) is 65.6 Å². The van der Waals surface area contributed by atoms with Crippen LogP contribution < -0.4 is 10.4 Å². The predicted octanol–water partition coefficient (Wildman–Crippen LogP) is 4.43. The molecule has 36 heavy (non-hydrogen) atoms. The molecule has 0 aliphatic heterocycles. The maximum absolute atomic E-state index is 14.0. The number of ether oxygens (including phenoxy) is 1. The number of aromatic nitrogens is 4. The summed E-state index contributed by atoms with van der Waals surface area (Å²) >= 11 is 0. The van der Waals surface area contributed by atoms with Gasteiger partial charge in [0.2, 0.25) is 0 Å². The Balaban J connectivity index is 1.73. The van der Waals surface area contributed by atoms with Gasteiger partial charge in [-0.05, 0) is 60.9 Å². The zero-order valence-electron chi connectivity index (χ0n) is 20.7. The number of hydrogen-bond acceptors (Lipinski definition) is 4. The van der Waals surface area contributed by atoms with E-state index in [-0.39, 0.29) is 12.1 Å². The van der Waals surface area contributed by atoms with E-state index in [2.05, 4.69) is 23.6 Å². The third-order valence-electron chi connectivity index (χ3n) is 6.76. The van der Waals surface area contributed by atoms with Gasteiger partial charge in [0, 0.05) is 29.8 Å². The smallest absolute Gasteiger partial charge is 0.331 e. The first-order valence-corrected chi connectivity index (χ1v) is 11.8. The minimum Gasteiger partial charge on any atom is -0.497 e. The van der Waals surface area contributed by atoms with Crippen molar-refractivity contribution in [3.63, 3.8) is 0 Å². The minimum atomic E-state index is -0.999. The van der Waals surface area contributed by atoms with Gasteiger partial charge >= 0.3 is 11.7 Å². The van der Waals surface area contributed by atoms with Crippen LogP contribution in [0.3, 0.4) is 0 Å². The van der Waals surface area contributed by atoms with Crippen molar-refractivity contribution < 1.29 is 14.6 Å². The number of carboxylic acid groups (broad SMARTS) is 1. The minimum absolute atomic E-state index is 0.256. The average molecular weight is 485 g/mol. The van der Waals surface area contributed by atoms with Crippen molar-refractivity contribution in [2.24, 2.45) is 7.05 Å². The number of carboxylic acids is 1. The number of nitrogens with zero attached hydrogens (tertiary/aromatic N) is 4. The van der Waals surface area contributed by atoms with E-state index in [0.29, 0.717) is 29.0 Å². The molecule has 0 aliphatic rings. The Morgan fingerprint density at radius 2 is 1.81 bits per heavy atom. The number of benzene rings is 2. The maximum atomic E-state index is 14.0. The van der Waals surface area contributed by atoms with E-state index in [4.69, 9.17) is 9.72 Å². The second-order valence-corrected chi connectivity index (χ2v) is 9.16. The number of aryl methyl sites for hydroxylation is 3. The van der Waals surface area contributed by atoms with Crippen molar-refractivity contribution in [2.45, 2.75) is 32.9 Å². The lowest BCUT2D eigenvalue weighted by molar-refractivity contribution is -0.137. The Kier molecular flexibility index (Phi) is 5.88. The van der Waals surface area contributed by atoms with Crippen LogP contribution in [0.25, 0.3) is 22.1 Å². The van der Waals surface area contributed by atoms with E-state index in [0.717, 1.165) is 27.7 Å². The molecule has 8 heteroatoms.